The highest BCUT2D eigenvalue weighted by Gasteiger charge is 2.05. The molecule has 0 aliphatic rings. The molecule has 20 heavy (non-hydrogen) atoms. The normalized spacial score (nSPS) is 10.4. The van der Waals surface area contributed by atoms with Gasteiger partial charge in [0.2, 0.25) is 0 Å². The molecule has 3 aromatic rings. The molecule has 6 heteroatoms. The number of carbonyl (C=O) groups excluding carboxylic acids is 1. The molecule has 1 aromatic carbocycles. The predicted molar refractivity (Wildman–Crippen MR) is 77.6 cm³/mol. The molecule has 2 heterocycles. The molecular weight excluding hydrogens is 254 g/mol. The quantitative estimate of drug-likeness (QED) is 0.749. The van der Waals surface area contributed by atoms with Crippen molar-refractivity contribution < 1.29 is 4.79 Å². The molecule has 0 saturated heterocycles. The Morgan fingerprint density at radius 3 is 2.90 bits per heavy atom. The Morgan fingerprint density at radius 1 is 1.20 bits per heavy atom. The molecule has 2 aromatic heterocycles. The molecule has 0 saturated carbocycles. The third-order valence-corrected chi connectivity index (χ3v) is 2.96. The fourth-order valence-electron chi connectivity index (χ4n) is 2.01. The summed E-state index contributed by atoms with van der Waals surface area (Å²) in [7, 11) is 1.98. The van der Waals surface area contributed by atoms with Gasteiger partial charge in [0.05, 0.1) is 0 Å². The molecule has 0 fully saturated rings. The molecule has 0 spiro atoms. The summed E-state index contributed by atoms with van der Waals surface area (Å²) in [5, 5.41) is 13.9. The number of amides is 2. The number of aryl methyl sites for hydroxylation is 1. The van der Waals surface area contributed by atoms with Crippen molar-refractivity contribution >= 4 is 28.4 Å². The van der Waals surface area contributed by atoms with E-state index < -0.39 is 0 Å². The maximum atomic E-state index is 11.8. The van der Waals surface area contributed by atoms with E-state index in [4.69, 9.17) is 0 Å². The summed E-state index contributed by atoms with van der Waals surface area (Å²) in [5.74, 6) is 0.408. The number of hydrogen-bond acceptors (Lipinski definition) is 3. The van der Waals surface area contributed by atoms with Crippen molar-refractivity contribution in [2.75, 3.05) is 10.6 Å². The van der Waals surface area contributed by atoms with Crippen LogP contribution in [0.2, 0.25) is 0 Å². The van der Waals surface area contributed by atoms with Crippen LogP contribution in [0, 0.1) is 0 Å². The second kappa shape index (κ2) is 5.00. The lowest BCUT2D eigenvalue weighted by atomic mass is 10.2. The highest BCUT2D eigenvalue weighted by atomic mass is 16.2. The number of hydrogen-bond donors (Lipinski definition) is 2. The fourth-order valence-corrected chi connectivity index (χ4v) is 2.01. The van der Waals surface area contributed by atoms with Gasteiger partial charge in [-0.05, 0) is 36.4 Å². The van der Waals surface area contributed by atoms with E-state index in [0.29, 0.717) is 5.82 Å². The summed E-state index contributed by atoms with van der Waals surface area (Å²) in [6.07, 6.45) is 3.53. The van der Waals surface area contributed by atoms with Gasteiger partial charge in [-0.25, -0.2) is 4.79 Å². The summed E-state index contributed by atoms with van der Waals surface area (Å²) in [6.45, 7) is 0. The van der Waals surface area contributed by atoms with Gasteiger partial charge in [-0.2, -0.15) is 5.10 Å². The van der Waals surface area contributed by atoms with Gasteiger partial charge in [-0.1, -0.05) is 0 Å². The topological polar surface area (TPSA) is 71.8 Å². The van der Waals surface area contributed by atoms with Crippen molar-refractivity contribution in [3.63, 3.8) is 0 Å². The third kappa shape index (κ3) is 2.44. The number of nitrogens with zero attached hydrogens (tertiary/aromatic N) is 3. The Hall–Kier alpha value is -2.89. The van der Waals surface area contributed by atoms with Crippen LogP contribution in [0.25, 0.3) is 10.9 Å². The van der Waals surface area contributed by atoms with E-state index in [9.17, 15) is 4.79 Å². The van der Waals surface area contributed by atoms with Crippen LogP contribution in [0.4, 0.5) is 16.3 Å². The zero-order chi connectivity index (χ0) is 13.9. The van der Waals surface area contributed by atoms with Crippen LogP contribution in [0.1, 0.15) is 0 Å². The van der Waals surface area contributed by atoms with Crippen LogP contribution in [0.3, 0.4) is 0 Å². The second-order valence-corrected chi connectivity index (χ2v) is 4.39. The average molecular weight is 267 g/mol. The number of aromatic nitrogens is 3. The summed E-state index contributed by atoms with van der Waals surface area (Å²) in [5.41, 5.74) is 1.84. The standard InChI is InChI=1S/C14H13N5O/c1-19-8-6-10-9-11(4-5-12(10)19)16-14(20)17-13-3-2-7-15-18-13/h2-9H,1H3,(H2,16,17,18,20). The van der Waals surface area contributed by atoms with Crippen molar-refractivity contribution in [1.82, 2.24) is 14.8 Å². The maximum absolute atomic E-state index is 11.8. The largest absolute Gasteiger partial charge is 0.351 e. The molecule has 0 bridgehead atoms. The number of rotatable bonds is 2. The first-order valence-electron chi connectivity index (χ1n) is 6.13. The Labute approximate surface area is 115 Å². The summed E-state index contributed by atoms with van der Waals surface area (Å²) >= 11 is 0. The zero-order valence-corrected chi connectivity index (χ0v) is 10.9. The number of fused-ring (bicyclic) bond motifs is 1. The predicted octanol–water partition coefficient (Wildman–Crippen LogP) is 2.61. The Morgan fingerprint density at radius 2 is 2.10 bits per heavy atom. The van der Waals surface area contributed by atoms with E-state index >= 15 is 0 Å². The van der Waals surface area contributed by atoms with Crippen molar-refractivity contribution in [2.24, 2.45) is 7.05 Å². The minimum Gasteiger partial charge on any atom is -0.351 e. The molecule has 100 valence electrons. The van der Waals surface area contributed by atoms with Gasteiger partial charge in [-0.15, -0.1) is 5.10 Å². The first kappa shape index (κ1) is 12.2. The number of benzene rings is 1. The molecule has 2 amide bonds. The van der Waals surface area contributed by atoms with Gasteiger partial charge >= 0.3 is 6.03 Å². The molecule has 0 aliphatic heterocycles. The first-order valence-corrected chi connectivity index (χ1v) is 6.13. The van der Waals surface area contributed by atoms with E-state index in [1.807, 2.05) is 42.1 Å². The van der Waals surface area contributed by atoms with Crippen LogP contribution in [0.5, 0.6) is 0 Å². The molecule has 2 N–H and O–H groups in total. The SMILES string of the molecule is Cn1ccc2cc(NC(=O)Nc3cccnn3)ccc21. The molecule has 3 rings (SSSR count). The van der Waals surface area contributed by atoms with Crippen LogP contribution >= 0.6 is 0 Å². The molecular formula is C14H13N5O. The Kier molecular flexibility index (Phi) is 3.04. The van der Waals surface area contributed by atoms with Crippen LogP contribution in [0.15, 0.2) is 48.8 Å². The van der Waals surface area contributed by atoms with Crippen molar-refractivity contribution in [3.05, 3.63) is 48.8 Å². The lowest BCUT2D eigenvalue weighted by molar-refractivity contribution is 0.262. The minimum absolute atomic E-state index is 0.346. The maximum Gasteiger partial charge on any atom is 0.324 e. The van der Waals surface area contributed by atoms with Gasteiger partial charge in [0.1, 0.15) is 0 Å². The summed E-state index contributed by atoms with van der Waals surface area (Å²) in [4.78, 5) is 11.8. The van der Waals surface area contributed by atoms with Gasteiger partial charge in [0, 0.05) is 36.0 Å². The Bertz CT molecular complexity index is 751. The second-order valence-electron chi connectivity index (χ2n) is 4.39. The van der Waals surface area contributed by atoms with Crippen molar-refractivity contribution in [3.8, 4) is 0 Å². The van der Waals surface area contributed by atoms with E-state index in [1.54, 1.807) is 18.3 Å². The van der Waals surface area contributed by atoms with Gasteiger partial charge in [-0.3, -0.25) is 5.32 Å². The number of anilines is 2. The van der Waals surface area contributed by atoms with E-state index in [0.717, 1.165) is 16.6 Å². The lowest BCUT2D eigenvalue weighted by Gasteiger charge is -2.07. The first-order chi connectivity index (χ1) is 9.72. The fraction of sp³-hybridized carbons (Fsp3) is 0.0714. The highest BCUT2D eigenvalue weighted by molar-refractivity contribution is 6.00. The van der Waals surface area contributed by atoms with E-state index in [-0.39, 0.29) is 6.03 Å². The van der Waals surface area contributed by atoms with Gasteiger partial charge in [0.15, 0.2) is 5.82 Å². The molecule has 0 atom stereocenters. The smallest absolute Gasteiger partial charge is 0.324 e. The van der Waals surface area contributed by atoms with Crippen LogP contribution in [-0.4, -0.2) is 20.8 Å². The van der Waals surface area contributed by atoms with Gasteiger partial charge in [0.25, 0.3) is 0 Å². The van der Waals surface area contributed by atoms with E-state index in [1.165, 1.54) is 0 Å². The molecule has 0 unspecified atom stereocenters. The Balaban J connectivity index is 1.74. The average Bonchev–Trinajstić information content (AvgIpc) is 2.81. The minimum atomic E-state index is -0.346. The molecule has 0 aliphatic carbocycles. The van der Waals surface area contributed by atoms with E-state index in [2.05, 4.69) is 20.8 Å². The lowest BCUT2D eigenvalue weighted by Crippen LogP contribution is -2.20. The van der Waals surface area contributed by atoms with Crippen LogP contribution in [-0.2, 0) is 7.05 Å². The summed E-state index contributed by atoms with van der Waals surface area (Å²) in [6, 6.07) is 10.8. The number of urea groups is 1. The molecule has 6 nitrogen and oxygen atoms in total. The number of carbonyl (C=O) groups is 1. The van der Waals surface area contributed by atoms with Crippen molar-refractivity contribution in [2.45, 2.75) is 0 Å². The summed E-state index contributed by atoms with van der Waals surface area (Å²) < 4.78 is 2.03. The molecule has 0 radical (unpaired) electrons. The number of nitrogens with one attached hydrogen (secondary N) is 2. The highest BCUT2D eigenvalue weighted by Crippen LogP contribution is 2.19. The monoisotopic (exact) mass is 267 g/mol. The third-order valence-electron chi connectivity index (χ3n) is 2.96. The van der Waals surface area contributed by atoms with Crippen molar-refractivity contribution in [1.29, 1.82) is 0 Å². The zero-order valence-electron chi connectivity index (χ0n) is 10.9. The van der Waals surface area contributed by atoms with Gasteiger partial charge < -0.3 is 9.88 Å². The van der Waals surface area contributed by atoms with Crippen LogP contribution < -0.4 is 10.6 Å².